The second kappa shape index (κ2) is 8.91. The highest BCUT2D eigenvalue weighted by molar-refractivity contribution is 8.14. The standard InChI is InChI=1S/C16H16N4S.2ClH/c1-11-8-12(15-10-21-16(17-2)20-19-15)5-6-14(11)13-4-3-7-18-9-13;;/h3-9H,10H2,1-2H3,(H,17,20);2*1H. The van der Waals surface area contributed by atoms with Gasteiger partial charge >= 0.3 is 0 Å². The normalized spacial score (nSPS) is 15.0. The largest absolute Gasteiger partial charge is 0.265 e. The summed E-state index contributed by atoms with van der Waals surface area (Å²) < 4.78 is 0. The summed E-state index contributed by atoms with van der Waals surface area (Å²) in [5, 5.41) is 5.26. The highest BCUT2D eigenvalue weighted by atomic mass is 35.5. The number of aromatic nitrogens is 1. The SMILES string of the molecule is CN=C1NN=C(c2ccc(-c3cccnc3)c(C)c2)CS1.Cl.Cl. The number of nitrogens with zero attached hydrogens (tertiary/aromatic N) is 3. The van der Waals surface area contributed by atoms with Gasteiger partial charge in [-0.2, -0.15) is 5.10 Å². The first-order valence-corrected chi connectivity index (χ1v) is 7.70. The lowest BCUT2D eigenvalue weighted by Crippen LogP contribution is -2.25. The van der Waals surface area contributed by atoms with Crippen LogP contribution in [-0.2, 0) is 0 Å². The third-order valence-electron chi connectivity index (χ3n) is 3.37. The Balaban J connectivity index is 0.00000132. The van der Waals surface area contributed by atoms with E-state index in [-0.39, 0.29) is 24.8 Å². The fraction of sp³-hybridized carbons (Fsp3) is 0.188. The van der Waals surface area contributed by atoms with Crippen molar-refractivity contribution in [2.45, 2.75) is 6.92 Å². The molecule has 1 aliphatic rings. The molecule has 23 heavy (non-hydrogen) atoms. The van der Waals surface area contributed by atoms with Gasteiger partial charge in [0.15, 0.2) is 5.17 Å². The monoisotopic (exact) mass is 368 g/mol. The fourth-order valence-electron chi connectivity index (χ4n) is 2.27. The predicted octanol–water partition coefficient (Wildman–Crippen LogP) is 3.93. The minimum Gasteiger partial charge on any atom is -0.265 e. The van der Waals surface area contributed by atoms with Gasteiger partial charge in [-0.05, 0) is 35.7 Å². The summed E-state index contributed by atoms with van der Waals surface area (Å²) in [4.78, 5) is 8.28. The van der Waals surface area contributed by atoms with Crippen LogP contribution in [0.15, 0.2) is 52.8 Å². The van der Waals surface area contributed by atoms with Gasteiger partial charge in [-0.25, -0.2) is 0 Å². The van der Waals surface area contributed by atoms with Crippen molar-refractivity contribution in [2.24, 2.45) is 10.1 Å². The van der Waals surface area contributed by atoms with Gasteiger partial charge in [0.05, 0.1) is 5.71 Å². The number of halogens is 2. The summed E-state index contributed by atoms with van der Waals surface area (Å²) in [5.41, 5.74) is 8.74. The number of hydrogen-bond acceptors (Lipinski definition) is 4. The molecular weight excluding hydrogens is 351 g/mol. The van der Waals surface area contributed by atoms with E-state index in [9.17, 15) is 0 Å². The molecule has 2 heterocycles. The molecular formula is C16H18Cl2N4S. The van der Waals surface area contributed by atoms with E-state index in [2.05, 4.69) is 51.7 Å². The Morgan fingerprint density at radius 1 is 1.17 bits per heavy atom. The molecule has 0 radical (unpaired) electrons. The lowest BCUT2D eigenvalue weighted by atomic mass is 9.98. The van der Waals surface area contributed by atoms with E-state index in [0.29, 0.717) is 0 Å². The topological polar surface area (TPSA) is 49.6 Å². The van der Waals surface area contributed by atoms with Crippen LogP contribution < -0.4 is 5.43 Å². The molecule has 0 unspecified atom stereocenters. The minimum absolute atomic E-state index is 0. The van der Waals surface area contributed by atoms with Gasteiger partial charge < -0.3 is 0 Å². The summed E-state index contributed by atoms with van der Waals surface area (Å²) in [6.45, 7) is 2.12. The Bertz CT molecular complexity index is 717. The van der Waals surface area contributed by atoms with Gasteiger partial charge in [-0.3, -0.25) is 15.4 Å². The molecule has 0 amide bonds. The Kier molecular flexibility index (Phi) is 7.55. The lowest BCUT2D eigenvalue weighted by Gasteiger charge is -2.15. The molecule has 7 heteroatoms. The molecule has 0 fully saturated rings. The van der Waals surface area contributed by atoms with Crippen molar-refractivity contribution >= 4 is 47.5 Å². The van der Waals surface area contributed by atoms with Gasteiger partial charge in [0.2, 0.25) is 0 Å². The number of amidine groups is 1. The van der Waals surface area contributed by atoms with Crippen molar-refractivity contribution in [1.82, 2.24) is 10.4 Å². The Hall–Kier alpha value is -1.56. The van der Waals surface area contributed by atoms with Crippen LogP contribution in [0, 0.1) is 6.92 Å². The van der Waals surface area contributed by atoms with E-state index < -0.39 is 0 Å². The summed E-state index contributed by atoms with van der Waals surface area (Å²) in [7, 11) is 1.77. The van der Waals surface area contributed by atoms with Crippen LogP contribution in [-0.4, -0.2) is 28.7 Å². The number of benzene rings is 1. The van der Waals surface area contributed by atoms with E-state index >= 15 is 0 Å². The molecule has 3 rings (SSSR count). The zero-order valence-electron chi connectivity index (χ0n) is 12.8. The first-order valence-electron chi connectivity index (χ1n) is 6.71. The first kappa shape index (κ1) is 19.5. The van der Waals surface area contributed by atoms with Crippen LogP contribution in [0.4, 0.5) is 0 Å². The summed E-state index contributed by atoms with van der Waals surface area (Å²) >= 11 is 1.67. The minimum atomic E-state index is 0. The first-order chi connectivity index (χ1) is 10.3. The van der Waals surface area contributed by atoms with Crippen molar-refractivity contribution in [1.29, 1.82) is 0 Å². The predicted molar refractivity (Wildman–Crippen MR) is 104 cm³/mol. The zero-order valence-corrected chi connectivity index (χ0v) is 15.3. The van der Waals surface area contributed by atoms with Gasteiger partial charge in [0.25, 0.3) is 0 Å². The quantitative estimate of drug-likeness (QED) is 0.873. The number of nitrogens with one attached hydrogen (secondary N) is 1. The van der Waals surface area contributed by atoms with Crippen LogP contribution in [0.5, 0.6) is 0 Å². The number of aryl methyl sites for hydroxylation is 1. The van der Waals surface area contributed by atoms with Gasteiger partial charge in [-0.15, -0.1) is 24.8 Å². The molecule has 0 spiro atoms. The maximum absolute atomic E-state index is 4.40. The van der Waals surface area contributed by atoms with Gasteiger partial charge in [-0.1, -0.05) is 30.0 Å². The second-order valence-corrected chi connectivity index (χ2v) is 5.72. The second-order valence-electron chi connectivity index (χ2n) is 4.76. The fourth-order valence-corrected chi connectivity index (χ4v) is 3.01. The summed E-state index contributed by atoms with van der Waals surface area (Å²) in [6.07, 6.45) is 3.68. The number of pyridine rings is 1. The molecule has 0 bridgehead atoms. The van der Waals surface area contributed by atoms with Crippen LogP contribution in [0.25, 0.3) is 11.1 Å². The van der Waals surface area contributed by atoms with Crippen LogP contribution >= 0.6 is 36.6 Å². The third kappa shape index (κ3) is 4.47. The third-order valence-corrected chi connectivity index (χ3v) is 4.33. The summed E-state index contributed by atoms with van der Waals surface area (Å²) in [5.74, 6) is 0.839. The summed E-state index contributed by atoms with van der Waals surface area (Å²) in [6, 6.07) is 10.5. The molecule has 0 atom stereocenters. The van der Waals surface area contributed by atoms with Crippen LogP contribution in [0.3, 0.4) is 0 Å². The number of rotatable bonds is 2. The number of thioether (sulfide) groups is 1. The smallest absolute Gasteiger partial charge is 0.177 e. The van der Waals surface area contributed by atoms with E-state index in [1.807, 2.05) is 12.3 Å². The Labute approximate surface area is 152 Å². The molecule has 0 saturated carbocycles. The van der Waals surface area contributed by atoms with Crippen molar-refractivity contribution in [3.63, 3.8) is 0 Å². The lowest BCUT2D eigenvalue weighted by molar-refractivity contribution is 1.03. The van der Waals surface area contributed by atoms with Gasteiger partial charge in [0.1, 0.15) is 0 Å². The highest BCUT2D eigenvalue weighted by Crippen LogP contribution is 2.24. The van der Waals surface area contributed by atoms with Crippen molar-refractivity contribution in [3.8, 4) is 11.1 Å². The molecule has 1 aliphatic heterocycles. The average molecular weight is 369 g/mol. The van der Waals surface area contributed by atoms with Crippen LogP contribution in [0.2, 0.25) is 0 Å². The molecule has 4 nitrogen and oxygen atoms in total. The Morgan fingerprint density at radius 3 is 2.57 bits per heavy atom. The molecule has 1 aromatic carbocycles. The van der Waals surface area contributed by atoms with Crippen molar-refractivity contribution in [2.75, 3.05) is 12.8 Å². The number of hydrazone groups is 1. The van der Waals surface area contributed by atoms with E-state index in [0.717, 1.165) is 27.8 Å². The molecule has 0 saturated heterocycles. The number of hydrogen-bond donors (Lipinski definition) is 1. The highest BCUT2D eigenvalue weighted by Gasteiger charge is 2.13. The van der Waals surface area contributed by atoms with Gasteiger partial charge in [0, 0.05) is 30.8 Å². The van der Waals surface area contributed by atoms with E-state index in [1.165, 1.54) is 11.1 Å². The molecule has 1 N–H and O–H groups in total. The number of aliphatic imine (C=N–C) groups is 1. The maximum Gasteiger partial charge on any atom is 0.177 e. The molecule has 2 aromatic rings. The maximum atomic E-state index is 4.40. The van der Waals surface area contributed by atoms with Crippen molar-refractivity contribution in [3.05, 3.63) is 53.9 Å². The van der Waals surface area contributed by atoms with E-state index in [1.54, 1.807) is 25.0 Å². The van der Waals surface area contributed by atoms with Crippen molar-refractivity contribution < 1.29 is 0 Å². The molecule has 0 aliphatic carbocycles. The van der Waals surface area contributed by atoms with E-state index in [4.69, 9.17) is 0 Å². The molecule has 122 valence electrons. The Morgan fingerprint density at radius 2 is 2.00 bits per heavy atom. The zero-order chi connectivity index (χ0) is 14.7. The van der Waals surface area contributed by atoms with Crippen LogP contribution in [0.1, 0.15) is 11.1 Å². The molecule has 1 aromatic heterocycles. The average Bonchev–Trinajstić information content (AvgIpc) is 2.55.